The van der Waals surface area contributed by atoms with Gasteiger partial charge in [-0.2, -0.15) is 0 Å². The second-order valence-corrected chi connectivity index (χ2v) is 6.22. The lowest BCUT2D eigenvalue weighted by Gasteiger charge is -2.29. The quantitative estimate of drug-likeness (QED) is 0.450. The number of fused-ring (bicyclic) bond motifs is 2. The third-order valence-corrected chi connectivity index (χ3v) is 4.90. The minimum absolute atomic E-state index is 0.469. The first kappa shape index (κ1) is 14.9. The molecule has 0 heterocycles. The summed E-state index contributed by atoms with van der Waals surface area (Å²) in [5, 5.41) is 0. The Morgan fingerprint density at radius 3 is 2.63 bits per heavy atom. The molecule has 2 bridgehead atoms. The number of rotatable bonds is 9. The molecule has 2 aliphatic rings. The van der Waals surface area contributed by atoms with Gasteiger partial charge in [0.2, 0.25) is 0 Å². The highest BCUT2D eigenvalue weighted by Gasteiger charge is 2.46. The molecule has 0 spiro atoms. The van der Waals surface area contributed by atoms with Crippen molar-refractivity contribution in [3.05, 3.63) is 12.3 Å². The molecule has 4 atom stereocenters. The van der Waals surface area contributed by atoms with Gasteiger partial charge in [0.25, 0.3) is 0 Å². The molecule has 0 saturated heterocycles. The molecule has 2 heteroatoms. The van der Waals surface area contributed by atoms with Crippen molar-refractivity contribution in [3.63, 3.8) is 0 Å². The zero-order chi connectivity index (χ0) is 13.5. The molecule has 4 unspecified atom stereocenters. The van der Waals surface area contributed by atoms with Crippen molar-refractivity contribution in [2.24, 2.45) is 17.8 Å². The Bertz CT molecular complexity index is 274. The molecule has 0 aliphatic heterocycles. The van der Waals surface area contributed by atoms with E-state index in [-0.39, 0.29) is 0 Å². The van der Waals surface area contributed by atoms with Crippen molar-refractivity contribution in [1.29, 1.82) is 0 Å². The molecule has 2 aliphatic carbocycles. The van der Waals surface area contributed by atoms with Crippen molar-refractivity contribution >= 4 is 0 Å². The summed E-state index contributed by atoms with van der Waals surface area (Å²) in [6, 6.07) is 0. The van der Waals surface area contributed by atoms with Gasteiger partial charge in [-0.25, -0.2) is 0 Å². The van der Waals surface area contributed by atoms with Crippen molar-refractivity contribution in [2.45, 2.75) is 64.4 Å². The molecule has 2 nitrogen and oxygen atoms in total. The molecule has 19 heavy (non-hydrogen) atoms. The van der Waals surface area contributed by atoms with Gasteiger partial charge in [-0.15, -0.1) is 0 Å². The van der Waals surface area contributed by atoms with E-state index >= 15 is 0 Å². The van der Waals surface area contributed by atoms with E-state index in [9.17, 15) is 0 Å². The Kier molecular flexibility index (Phi) is 6.22. The summed E-state index contributed by atoms with van der Waals surface area (Å²) in [6.07, 6.45) is 15.3. The first-order chi connectivity index (χ1) is 9.36. The highest BCUT2D eigenvalue weighted by molar-refractivity contribution is 5.05. The molecule has 0 amide bonds. The number of ether oxygens (including phenoxy) is 2. The van der Waals surface area contributed by atoms with Crippen molar-refractivity contribution in [2.75, 3.05) is 13.7 Å². The van der Waals surface area contributed by atoms with Crippen LogP contribution in [-0.4, -0.2) is 19.8 Å². The topological polar surface area (TPSA) is 18.5 Å². The van der Waals surface area contributed by atoms with Crippen LogP contribution < -0.4 is 0 Å². The molecule has 0 aromatic heterocycles. The number of hydrogen-bond acceptors (Lipinski definition) is 2. The van der Waals surface area contributed by atoms with Gasteiger partial charge in [-0.3, -0.25) is 0 Å². The highest BCUT2D eigenvalue weighted by atomic mass is 16.5. The zero-order valence-corrected chi connectivity index (χ0v) is 12.6. The van der Waals surface area contributed by atoms with Crippen LogP contribution in [0.1, 0.15) is 58.3 Å². The van der Waals surface area contributed by atoms with Gasteiger partial charge in [-0.1, -0.05) is 32.6 Å². The Balaban J connectivity index is 1.70. The molecule has 0 aromatic carbocycles. The smallest absolute Gasteiger partial charge is 0.0788 e. The third-order valence-electron chi connectivity index (χ3n) is 4.90. The van der Waals surface area contributed by atoms with Gasteiger partial charge >= 0.3 is 0 Å². The Hall–Kier alpha value is -0.500. The molecular formula is C17H30O2. The van der Waals surface area contributed by atoms with Crippen LogP contribution in [-0.2, 0) is 9.47 Å². The van der Waals surface area contributed by atoms with E-state index in [1.165, 1.54) is 51.4 Å². The van der Waals surface area contributed by atoms with Gasteiger partial charge in [0.15, 0.2) is 0 Å². The Labute approximate surface area is 118 Å². The third kappa shape index (κ3) is 3.98. The number of unbranched alkanes of at least 4 members (excludes halogenated alkanes) is 4. The molecule has 110 valence electrons. The van der Waals surface area contributed by atoms with Crippen LogP contribution in [0, 0.1) is 17.8 Å². The van der Waals surface area contributed by atoms with Gasteiger partial charge in [0.05, 0.1) is 19.5 Å². The molecular weight excluding hydrogens is 236 g/mol. The molecule has 0 aromatic rings. The number of hydrogen-bond donors (Lipinski definition) is 0. The van der Waals surface area contributed by atoms with Crippen molar-refractivity contribution in [3.8, 4) is 0 Å². The number of methoxy groups -OCH3 is 1. The SMILES string of the molecule is CCCCCCCOC1C2CCC(C2)C1C=COC. The fraction of sp³-hybridized carbons (Fsp3) is 0.882. The van der Waals surface area contributed by atoms with Gasteiger partial charge < -0.3 is 9.47 Å². The van der Waals surface area contributed by atoms with Crippen LogP contribution in [0.5, 0.6) is 0 Å². The normalized spacial score (nSPS) is 33.4. The first-order valence-corrected chi connectivity index (χ1v) is 8.18. The highest BCUT2D eigenvalue weighted by Crippen LogP contribution is 2.50. The maximum atomic E-state index is 6.22. The lowest BCUT2D eigenvalue weighted by Crippen LogP contribution is -2.29. The van der Waals surface area contributed by atoms with Crippen molar-refractivity contribution in [1.82, 2.24) is 0 Å². The van der Waals surface area contributed by atoms with Gasteiger partial charge in [0, 0.05) is 12.5 Å². The lowest BCUT2D eigenvalue weighted by atomic mass is 9.86. The van der Waals surface area contributed by atoms with E-state index in [4.69, 9.17) is 9.47 Å². The maximum absolute atomic E-state index is 6.22. The summed E-state index contributed by atoms with van der Waals surface area (Å²) >= 11 is 0. The maximum Gasteiger partial charge on any atom is 0.0788 e. The largest absolute Gasteiger partial charge is 0.505 e. The van der Waals surface area contributed by atoms with Gasteiger partial charge in [0.1, 0.15) is 0 Å². The molecule has 2 rings (SSSR count). The summed E-state index contributed by atoms with van der Waals surface area (Å²) in [4.78, 5) is 0. The van der Waals surface area contributed by atoms with E-state index in [2.05, 4.69) is 13.0 Å². The van der Waals surface area contributed by atoms with E-state index < -0.39 is 0 Å². The van der Waals surface area contributed by atoms with Crippen LogP contribution >= 0.6 is 0 Å². The van der Waals surface area contributed by atoms with Crippen LogP contribution in [0.15, 0.2) is 12.3 Å². The average molecular weight is 266 g/mol. The molecule has 0 N–H and O–H groups in total. The summed E-state index contributed by atoms with van der Waals surface area (Å²) in [5.41, 5.74) is 0. The first-order valence-electron chi connectivity index (χ1n) is 8.18. The molecule has 2 fully saturated rings. The fourth-order valence-electron chi connectivity index (χ4n) is 3.89. The van der Waals surface area contributed by atoms with Crippen molar-refractivity contribution < 1.29 is 9.47 Å². The minimum Gasteiger partial charge on any atom is -0.505 e. The summed E-state index contributed by atoms with van der Waals surface area (Å²) < 4.78 is 11.3. The predicted molar refractivity (Wildman–Crippen MR) is 79.0 cm³/mol. The lowest BCUT2D eigenvalue weighted by molar-refractivity contribution is -0.00807. The van der Waals surface area contributed by atoms with Gasteiger partial charge in [-0.05, 0) is 43.6 Å². The predicted octanol–water partition coefficient (Wildman–Crippen LogP) is 4.55. The van der Waals surface area contributed by atoms with E-state index in [0.717, 1.165) is 18.4 Å². The summed E-state index contributed by atoms with van der Waals surface area (Å²) in [5.74, 6) is 2.27. The van der Waals surface area contributed by atoms with E-state index in [0.29, 0.717) is 12.0 Å². The second-order valence-electron chi connectivity index (χ2n) is 6.22. The summed E-state index contributed by atoms with van der Waals surface area (Å²) in [6.45, 7) is 3.22. The second kappa shape index (κ2) is 7.94. The van der Waals surface area contributed by atoms with Crippen LogP contribution in [0.4, 0.5) is 0 Å². The molecule has 2 saturated carbocycles. The fourth-order valence-corrected chi connectivity index (χ4v) is 3.89. The molecule has 0 radical (unpaired) electrons. The standard InChI is InChI=1S/C17H30O2/c1-3-4-5-6-7-11-19-17-15-9-8-14(13-15)16(17)10-12-18-2/h10,12,14-17H,3-9,11,13H2,1-2H3. The Morgan fingerprint density at radius 1 is 1.05 bits per heavy atom. The van der Waals surface area contributed by atoms with Crippen LogP contribution in [0.2, 0.25) is 0 Å². The monoisotopic (exact) mass is 266 g/mol. The van der Waals surface area contributed by atoms with E-state index in [1.807, 2.05) is 6.26 Å². The summed E-state index contributed by atoms with van der Waals surface area (Å²) in [7, 11) is 1.73. The van der Waals surface area contributed by atoms with Crippen LogP contribution in [0.3, 0.4) is 0 Å². The zero-order valence-electron chi connectivity index (χ0n) is 12.6. The average Bonchev–Trinajstić information content (AvgIpc) is 3.01. The van der Waals surface area contributed by atoms with E-state index in [1.54, 1.807) is 7.11 Å². The Morgan fingerprint density at radius 2 is 1.84 bits per heavy atom. The van der Waals surface area contributed by atoms with Crippen LogP contribution in [0.25, 0.3) is 0 Å². The minimum atomic E-state index is 0.469.